The summed E-state index contributed by atoms with van der Waals surface area (Å²) in [4.78, 5) is 26.7. The van der Waals surface area contributed by atoms with E-state index in [1.54, 1.807) is 30.2 Å². The number of nitrogens with zero attached hydrogens (tertiary/aromatic N) is 1. The lowest BCUT2D eigenvalue weighted by Crippen LogP contribution is -2.33. The van der Waals surface area contributed by atoms with E-state index in [9.17, 15) is 9.59 Å². The fraction of sp³-hybridized carbons (Fsp3) is 0.263. The van der Waals surface area contributed by atoms with Gasteiger partial charge in [0.15, 0.2) is 6.61 Å². The zero-order valence-electron chi connectivity index (χ0n) is 14.6. The number of para-hydroxylation sites is 1. The number of thiophene rings is 1. The van der Waals surface area contributed by atoms with Gasteiger partial charge < -0.3 is 14.4 Å². The third-order valence-electron chi connectivity index (χ3n) is 3.59. The highest BCUT2D eigenvalue weighted by atomic mass is 35.5. The third kappa shape index (κ3) is 5.89. The number of hydrogen-bond acceptors (Lipinski definition) is 5. The molecule has 1 aromatic carbocycles. The molecule has 2 aromatic rings. The van der Waals surface area contributed by atoms with Crippen LogP contribution in [0.4, 0.5) is 0 Å². The van der Waals surface area contributed by atoms with Crippen molar-refractivity contribution < 1.29 is 19.1 Å². The average Bonchev–Trinajstić information content (AvgIpc) is 3.07. The molecule has 0 saturated carbocycles. The molecule has 0 fully saturated rings. The summed E-state index contributed by atoms with van der Waals surface area (Å²) >= 11 is 7.33. The van der Waals surface area contributed by atoms with Crippen LogP contribution in [0.15, 0.2) is 42.5 Å². The fourth-order valence-electron chi connectivity index (χ4n) is 2.24. The predicted molar refractivity (Wildman–Crippen MR) is 103 cm³/mol. The van der Waals surface area contributed by atoms with Crippen molar-refractivity contribution in [2.75, 3.05) is 20.3 Å². The lowest BCUT2D eigenvalue weighted by molar-refractivity contribution is -0.148. The Morgan fingerprint density at radius 1 is 1.23 bits per heavy atom. The molecule has 1 aromatic heterocycles. The molecule has 1 amide bonds. The van der Waals surface area contributed by atoms with E-state index < -0.39 is 5.97 Å². The van der Waals surface area contributed by atoms with Gasteiger partial charge >= 0.3 is 5.97 Å². The lowest BCUT2D eigenvalue weighted by atomic mass is 10.2. The van der Waals surface area contributed by atoms with Crippen molar-refractivity contribution in [3.8, 4) is 5.75 Å². The number of esters is 1. The number of halogens is 1. The second-order valence-corrected chi connectivity index (χ2v) is 7.10. The van der Waals surface area contributed by atoms with Crippen LogP contribution in [-0.2, 0) is 20.9 Å². The standard InChI is InChI=1S/C19H20ClNO4S/c1-3-21(12-15-9-10-17(20)26-15)18(22)13-25-19(23)11-8-14-6-4-5-7-16(14)24-2/h4-11H,3,12-13H2,1-2H3/b11-8+. The number of carbonyl (C=O) groups excluding carboxylic acids is 2. The molecule has 0 aliphatic carbocycles. The highest BCUT2D eigenvalue weighted by Crippen LogP contribution is 2.22. The summed E-state index contributed by atoms with van der Waals surface area (Å²) in [6.07, 6.45) is 2.87. The number of likely N-dealkylation sites (N-methyl/N-ethyl adjacent to an activating group) is 1. The van der Waals surface area contributed by atoms with E-state index in [2.05, 4.69) is 0 Å². The largest absolute Gasteiger partial charge is 0.496 e. The third-order valence-corrected chi connectivity index (χ3v) is 4.80. The number of benzene rings is 1. The second kappa shape index (κ2) is 9.99. The number of hydrogen-bond donors (Lipinski definition) is 0. The average molecular weight is 394 g/mol. The molecule has 0 radical (unpaired) electrons. The van der Waals surface area contributed by atoms with Crippen molar-refractivity contribution in [3.05, 3.63) is 57.3 Å². The van der Waals surface area contributed by atoms with Gasteiger partial charge in [0.2, 0.25) is 0 Å². The van der Waals surface area contributed by atoms with Crippen LogP contribution in [-0.4, -0.2) is 37.0 Å². The number of amides is 1. The summed E-state index contributed by atoms with van der Waals surface area (Å²) in [5.74, 6) is -0.185. The van der Waals surface area contributed by atoms with Crippen LogP contribution < -0.4 is 4.74 Å². The van der Waals surface area contributed by atoms with E-state index >= 15 is 0 Å². The molecule has 0 N–H and O–H groups in total. The Morgan fingerprint density at radius 3 is 2.65 bits per heavy atom. The van der Waals surface area contributed by atoms with Crippen LogP contribution in [0.1, 0.15) is 17.4 Å². The van der Waals surface area contributed by atoms with Gasteiger partial charge in [0.05, 0.1) is 18.0 Å². The summed E-state index contributed by atoms with van der Waals surface area (Å²) < 4.78 is 10.9. The minimum atomic E-state index is -0.584. The molecule has 0 aliphatic heterocycles. The minimum absolute atomic E-state index is 0.254. The molecule has 5 nitrogen and oxygen atoms in total. The predicted octanol–water partition coefficient (Wildman–Crippen LogP) is 4.02. The van der Waals surface area contributed by atoms with Crippen LogP contribution in [0.3, 0.4) is 0 Å². The van der Waals surface area contributed by atoms with Crippen molar-refractivity contribution in [2.24, 2.45) is 0 Å². The van der Waals surface area contributed by atoms with Gasteiger partial charge in [-0.15, -0.1) is 11.3 Å². The van der Waals surface area contributed by atoms with E-state index in [-0.39, 0.29) is 12.5 Å². The first-order valence-corrected chi connectivity index (χ1v) is 9.22. The van der Waals surface area contributed by atoms with Gasteiger partial charge in [-0.05, 0) is 31.2 Å². The molecule has 0 saturated heterocycles. The van der Waals surface area contributed by atoms with Gasteiger partial charge in [0.25, 0.3) is 5.91 Å². The monoisotopic (exact) mass is 393 g/mol. The zero-order valence-corrected chi connectivity index (χ0v) is 16.2. The van der Waals surface area contributed by atoms with E-state index in [0.29, 0.717) is 23.2 Å². The topological polar surface area (TPSA) is 55.8 Å². The number of rotatable bonds is 8. The molecule has 26 heavy (non-hydrogen) atoms. The van der Waals surface area contributed by atoms with Crippen molar-refractivity contribution in [1.82, 2.24) is 4.90 Å². The first-order valence-electron chi connectivity index (χ1n) is 8.03. The van der Waals surface area contributed by atoms with Crippen LogP contribution in [0.25, 0.3) is 6.08 Å². The molecular weight excluding hydrogens is 374 g/mol. The molecule has 0 atom stereocenters. The molecule has 0 spiro atoms. The molecular formula is C19H20ClNO4S. The first kappa shape index (κ1) is 20.0. The Bertz CT molecular complexity index is 787. The summed E-state index contributed by atoms with van der Waals surface area (Å²) in [6.45, 7) is 2.53. The Kier molecular flexibility index (Phi) is 7.69. The van der Waals surface area contributed by atoms with Gasteiger partial charge in [-0.3, -0.25) is 4.79 Å². The Hall–Kier alpha value is -2.31. The van der Waals surface area contributed by atoms with Crippen LogP contribution in [0.5, 0.6) is 5.75 Å². The maximum atomic E-state index is 12.2. The summed E-state index contributed by atoms with van der Waals surface area (Å²) in [7, 11) is 1.56. The SMILES string of the molecule is CCN(Cc1ccc(Cl)s1)C(=O)COC(=O)/C=C/c1ccccc1OC. The molecule has 0 bridgehead atoms. The molecule has 0 unspecified atom stereocenters. The molecule has 138 valence electrons. The van der Waals surface area contributed by atoms with Crippen molar-refractivity contribution in [1.29, 1.82) is 0 Å². The maximum absolute atomic E-state index is 12.2. The van der Waals surface area contributed by atoms with Crippen LogP contribution in [0, 0.1) is 0 Å². The summed E-state index contributed by atoms with van der Waals surface area (Å²) in [5, 5.41) is 0. The Labute approximate surface area is 161 Å². The van der Waals surface area contributed by atoms with Gasteiger partial charge in [0.1, 0.15) is 5.75 Å². The molecule has 2 rings (SSSR count). The number of methoxy groups -OCH3 is 1. The van der Waals surface area contributed by atoms with E-state index in [1.165, 1.54) is 17.4 Å². The second-order valence-electron chi connectivity index (χ2n) is 5.30. The molecule has 7 heteroatoms. The normalized spacial score (nSPS) is 10.7. The summed E-state index contributed by atoms with van der Waals surface area (Å²) in [5.41, 5.74) is 0.753. The lowest BCUT2D eigenvalue weighted by Gasteiger charge is -2.19. The Balaban J connectivity index is 1.87. The molecule has 1 heterocycles. The van der Waals surface area contributed by atoms with Gasteiger partial charge in [-0.2, -0.15) is 0 Å². The highest BCUT2D eigenvalue weighted by molar-refractivity contribution is 7.16. The van der Waals surface area contributed by atoms with Crippen molar-refractivity contribution in [2.45, 2.75) is 13.5 Å². The zero-order chi connectivity index (χ0) is 18.9. The Morgan fingerprint density at radius 2 is 2.00 bits per heavy atom. The van der Waals surface area contributed by atoms with Crippen LogP contribution in [0.2, 0.25) is 4.34 Å². The maximum Gasteiger partial charge on any atom is 0.331 e. The fourth-order valence-corrected chi connectivity index (χ4v) is 3.34. The quantitative estimate of drug-likeness (QED) is 0.502. The van der Waals surface area contributed by atoms with E-state index in [1.807, 2.05) is 31.2 Å². The van der Waals surface area contributed by atoms with E-state index in [4.69, 9.17) is 21.1 Å². The number of ether oxygens (including phenoxy) is 2. The number of carbonyl (C=O) groups is 2. The molecule has 0 aliphatic rings. The van der Waals surface area contributed by atoms with E-state index in [0.717, 1.165) is 10.4 Å². The summed E-state index contributed by atoms with van der Waals surface area (Å²) in [6, 6.07) is 11.0. The van der Waals surface area contributed by atoms with Gasteiger partial charge in [0, 0.05) is 23.1 Å². The van der Waals surface area contributed by atoms with Crippen molar-refractivity contribution >= 4 is 40.9 Å². The van der Waals surface area contributed by atoms with Crippen LogP contribution >= 0.6 is 22.9 Å². The first-order chi connectivity index (χ1) is 12.5. The smallest absolute Gasteiger partial charge is 0.331 e. The van der Waals surface area contributed by atoms with Crippen molar-refractivity contribution in [3.63, 3.8) is 0 Å². The minimum Gasteiger partial charge on any atom is -0.496 e. The van der Waals surface area contributed by atoms with Gasteiger partial charge in [-0.25, -0.2) is 4.79 Å². The van der Waals surface area contributed by atoms with Gasteiger partial charge in [-0.1, -0.05) is 29.8 Å². The highest BCUT2D eigenvalue weighted by Gasteiger charge is 2.15.